The monoisotopic (exact) mass is 474 g/mol. The molecule has 1 aromatic heterocycles. The SMILES string of the molecule is CC(C)Oc1ccc(-c2nnc(-c3cccc4c3CC[C@]43CC(=O)N(CCO)C3)s2)cc1C#N. The van der Waals surface area contributed by atoms with Gasteiger partial charge < -0.3 is 14.7 Å². The van der Waals surface area contributed by atoms with Crippen LogP contribution < -0.4 is 4.74 Å². The summed E-state index contributed by atoms with van der Waals surface area (Å²) in [6, 6.07) is 14.0. The number of rotatable bonds is 6. The predicted octanol–water partition coefficient (Wildman–Crippen LogP) is 3.94. The lowest BCUT2D eigenvalue weighted by Gasteiger charge is -2.24. The molecule has 2 aliphatic rings. The van der Waals surface area contributed by atoms with Gasteiger partial charge in [0.25, 0.3) is 0 Å². The number of carbonyl (C=O) groups excluding carboxylic acids is 1. The maximum absolute atomic E-state index is 12.5. The standard InChI is InChI=1S/C26H26N4O3S/c1-16(2)33-22-7-6-17(12-18(22)14-27)24-28-29-25(34-24)20-4-3-5-21-19(20)8-9-26(21)13-23(32)30(15-26)10-11-31/h3-7,12,16,31H,8-11,13,15H2,1-2H3/t26-/m1/s1. The second-order valence-corrected chi connectivity index (χ2v) is 10.2. The first-order valence-electron chi connectivity index (χ1n) is 11.5. The van der Waals surface area contributed by atoms with Crippen LogP contribution in [0, 0.1) is 11.3 Å². The van der Waals surface area contributed by atoms with Gasteiger partial charge in [-0.25, -0.2) is 0 Å². The van der Waals surface area contributed by atoms with Crippen LogP contribution in [-0.2, 0) is 16.6 Å². The molecule has 8 heteroatoms. The van der Waals surface area contributed by atoms with Crippen molar-refractivity contribution in [1.29, 1.82) is 5.26 Å². The smallest absolute Gasteiger partial charge is 0.223 e. The van der Waals surface area contributed by atoms with Crippen molar-refractivity contribution in [3.63, 3.8) is 0 Å². The molecule has 1 amide bonds. The number of ether oxygens (including phenoxy) is 1. The number of aliphatic hydroxyl groups excluding tert-OH is 1. The van der Waals surface area contributed by atoms with Crippen LogP contribution in [0.15, 0.2) is 36.4 Å². The van der Waals surface area contributed by atoms with Gasteiger partial charge in [0, 0.05) is 36.1 Å². The molecule has 3 aromatic rings. The van der Waals surface area contributed by atoms with E-state index in [2.05, 4.69) is 28.4 Å². The van der Waals surface area contributed by atoms with E-state index in [0.29, 0.717) is 30.8 Å². The summed E-state index contributed by atoms with van der Waals surface area (Å²) in [6.07, 6.45) is 2.29. The Hall–Kier alpha value is -3.28. The summed E-state index contributed by atoms with van der Waals surface area (Å²) in [5.74, 6) is 0.683. The van der Waals surface area contributed by atoms with Crippen LogP contribution in [0.4, 0.5) is 0 Å². The molecule has 0 saturated carbocycles. The van der Waals surface area contributed by atoms with Gasteiger partial charge in [0.1, 0.15) is 21.8 Å². The van der Waals surface area contributed by atoms with Crippen LogP contribution in [-0.4, -0.2) is 51.9 Å². The minimum atomic E-state index is -0.181. The molecule has 1 N–H and O–H groups in total. The van der Waals surface area contributed by atoms with Gasteiger partial charge in [-0.2, -0.15) is 5.26 Å². The average molecular weight is 475 g/mol. The van der Waals surface area contributed by atoms with Crippen molar-refractivity contribution in [1.82, 2.24) is 15.1 Å². The predicted molar refractivity (Wildman–Crippen MR) is 130 cm³/mol. The molecular formula is C26H26N4O3S. The van der Waals surface area contributed by atoms with E-state index in [4.69, 9.17) is 4.74 Å². The number of benzene rings is 2. The number of nitrogens with zero attached hydrogens (tertiary/aromatic N) is 4. The molecule has 1 aliphatic heterocycles. The fourth-order valence-corrected chi connectivity index (χ4v) is 6.08. The number of aromatic nitrogens is 2. The molecule has 1 saturated heterocycles. The number of aliphatic hydroxyl groups is 1. The van der Waals surface area contributed by atoms with Crippen LogP contribution in [0.3, 0.4) is 0 Å². The van der Waals surface area contributed by atoms with Crippen molar-refractivity contribution in [2.45, 2.75) is 44.6 Å². The van der Waals surface area contributed by atoms with E-state index in [1.54, 1.807) is 11.0 Å². The molecule has 174 valence electrons. The number of β-amino-alcohol motifs (C(OH)–C–C–N with tert-alkyl or cyclic N) is 1. The van der Waals surface area contributed by atoms with Crippen molar-refractivity contribution in [3.8, 4) is 33.0 Å². The van der Waals surface area contributed by atoms with Gasteiger partial charge in [0.2, 0.25) is 5.91 Å². The van der Waals surface area contributed by atoms with Gasteiger partial charge in [-0.15, -0.1) is 10.2 Å². The summed E-state index contributed by atoms with van der Waals surface area (Å²) in [5.41, 5.74) is 4.65. The van der Waals surface area contributed by atoms with E-state index in [1.807, 2.05) is 32.0 Å². The van der Waals surface area contributed by atoms with Crippen LogP contribution in [0.1, 0.15) is 43.4 Å². The Balaban J connectivity index is 1.46. The topological polar surface area (TPSA) is 99.3 Å². The third kappa shape index (κ3) is 3.85. The minimum absolute atomic E-state index is 0.0135. The highest BCUT2D eigenvalue weighted by molar-refractivity contribution is 7.17. The van der Waals surface area contributed by atoms with E-state index in [-0.39, 0.29) is 24.0 Å². The molecule has 1 aliphatic carbocycles. The Bertz CT molecular complexity index is 1300. The van der Waals surface area contributed by atoms with E-state index in [1.165, 1.54) is 22.5 Å². The zero-order chi connectivity index (χ0) is 23.9. The van der Waals surface area contributed by atoms with Gasteiger partial charge in [0.05, 0.1) is 18.3 Å². The normalized spacial score (nSPS) is 19.1. The molecule has 1 spiro atoms. The molecule has 0 radical (unpaired) electrons. The Kier molecular flexibility index (Phi) is 5.84. The summed E-state index contributed by atoms with van der Waals surface area (Å²) < 4.78 is 5.73. The van der Waals surface area contributed by atoms with Crippen LogP contribution in [0.5, 0.6) is 5.75 Å². The highest BCUT2D eigenvalue weighted by Gasteiger charge is 2.48. The molecule has 1 atom stereocenters. The summed E-state index contributed by atoms with van der Waals surface area (Å²) in [6.45, 7) is 4.90. The molecule has 2 aromatic carbocycles. The number of hydrogen-bond donors (Lipinski definition) is 1. The lowest BCUT2D eigenvalue weighted by atomic mass is 9.80. The zero-order valence-electron chi connectivity index (χ0n) is 19.2. The highest BCUT2D eigenvalue weighted by atomic mass is 32.1. The maximum Gasteiger partial charge on any atom is 0.223 e. The number of hydrogen-bond acceptors (Lipinski definition) is 7. The van der Waals surface area contributed by atoms with Gasteiger partial charge in [-0.1, -0.05) is 29.5 Å². The number of amides is 1. The van der Waals surface area contributed by atoms with E-state index >= 15 is 0 Å². The van der Waals surface area contributed by atoms with Crippen LogP contribution >= 0.6 is 11.3 Å². The van der Waals surface area contributed by atoms with Crippen molar-refractivity contribution >= 4 is 17.2 Å². The number of fused-ring (bicyclic) bond motifs is 2. The van der Waals surface area contributed by atoms with E-state index < -0.39 is 0 Å². The van der Waals surface area contributed by atoms with E-state index in [0.717, 1.165) is 34.0 Å². The second-order valence-electron chi connectivity index (χ2n) is 9.23. The Morgan fingerprint density at radius 1 is 1.26 bits per heavy atom. The first-order valence-corrected chi connectivity index (χ1v) is 12.3. The quantitative estimate of drug-likeness (QED) is 0.581. The molecule has 2 heterocycles. The lowest BCUT2D eigenvalue weighted by Crippen LogP contribution is -2.32. The molecule has 34 heavy (non-hydrogen) atoms. The third-order valence-electron chi connectivity index (χ3n) is 6.67. The molecule has 0 unspecified atom stereocenters. The highest BCUT2D eigenvalue weighted by Crippen LogP contribution is 2.49. The number of nitriles is 1. The van der Waals surface area contributed by atoms with Crippen molar-refractivity contribution < 1.29 is 14.6 Å². The first-order chi connectivity index (χ1) is 16.4. The Morgan fingerprint density at radius 3 is 2.85 bits per heavy atom. The number of likely N-dealkylation sites (tertiary alicyclic amines) is 1. The largest absolute Gasteiger partial charge is 0.490 e. The maximum atomic E-state index is 12.5. The first kappa shape index (κ1) is 22.5. The second kappa shape index (κ2) is 8.82. The summed E-state index contributed by atoms with van der Waals surface area (Å²) in [7, 11) is 0. The lowest BCUT2D eigenvalue weighted by molar-refractivity contribution is -0.128. The molecule has 1 fully saturated rings. The van der Waals surface area contributed by atoms with Crippen LogP contribution in [0.2, 0.25) is 0 Å². The average Bonchev–Trinajstić information content (AvgIpc) is 3.52. The molecule has 0 bridgehead atoms. The molecule has 7 nitrogen and oxygen atoms in total. The summed E-state index contributed by atoms with van der Waals surface area (Å²) in [5, 5.41) is 29.4. The zero-order valence-corrected chi connectivity index (χ0v) is 20.1. The summed E-state index contributed by atoms with van der Waals surface area (Å²) in [4.78, 5) is 14.3. The number of carbonyl (C=O) groups is 1. The summed E-state index contributed by atoms with van der Waals surface area (Å²) >= 11 is 1.50. The fourth-order valence-electron chi connectivity index (χ4n) is 5.19. The van der Waals surface area contributed by atoms with Gasteiger partial charge in [-0.05, 0) is 56.0 Å². The Morgan fingerprint density at radius 2 is 2.09 bits per heavy atom. The Labute approximate surface area is 202 Å². The fraction of sp³-hybridized carbons (Fsp3) is 0.385. The van der Waals surface area contributed by atoms with Gasteiger partial charge in [0.15, 0.2) is 0 Å². The molecular weight excluding hydrogens is 448 g/mol. The van der Waals surface area contributed by atoms with Crippen molar-refractivity contribution in [2.24, 2.45) is 0 Å². The third-order valence-corrected chi connectivity index (χ3v) is 7.68. The van der Waals surface area contributed by atoms with Crippen LogP contribution in [0.25, 0.3) is 21.1 Å². The molecule has 5 rings (SSSR count). The van der Waals surface area contributed by atoms with Crippen molar-refractivity contribution in [3.05, 3.63) is 53.1 Å². The van der Waals surface area contributed by atoms with E-state index in [9.17, 15) is 15.2 Å². The minimum Gasteiger partial charge on any atom is -0.490 e. The van der Waals surface area contributed by atoms with Gasteiger partial charge in [-0.3, -0.25) is 4.79 Å². The van der Waals surface area contributed by atoms with Crippen molar-refractivity contribution in [2.75, 3.05) is 19.7 Å². The van der Waals surface area contributed by atoms with Gasteiger partial charge >= 0.3 is 0 Å².